The maximum absolute atomic E-state index is 14.7. The number of halogens is 1. The number of benzene rings is 1. The molecule has 1 N–H and O–H groups in total. The van der Waals surface area contributed by atoms with E-state index in [0.717, 1.165) is 40.9 Å². The average molecular weight is 446 g/mol. The second kappa shape index (κ2) is 9.39. The van der Waals surface area contributed by atoms with Crippen molar-refractivity contribution in [2.75, 3.05) is 0 Å². The zero-order valence-electron chi connectivity index (χ0n) is 20.6. The molecular formula is C29H36FN3. The molecule has 174 valence electrons. The third-order valence-electron chi connectivity index (χ3n) is 7.55. The number of nitrogens with one attached hydrogen (secondary N) is 1. The van der Waals surface area contributed by atoms with Crippen molar-refractivity contribution >= 4 is 11.1 Å². The van der Waals surface area contributed by atoms with Crippen LogP contribution in [0.1, 0.15) is 93.7 Å². The predicted octanol–water partition coefficient (Wildman–Crippen LogP) is 7.17. The predicted molar refractivity (Wildman–Crippen MR) is 133 cm³/mol. The lowest BCUT2D eigenvalue weighted by Crippen LogP contribution is -2.35. The fourth-order valence-corrected chi connectivity index (χ4v) is 5.60. The van der Waals surface area contributed by atoms with Crippen molar-refractivity contribution in [1.29, 1.82) is 5.26 Å². The largest absolute Gasteiger partial charge is 0.308 e. The van der Waals surface area contributed by atoms with Crippen LogP contribution in [-0.2, 0) is 6.54 Å². The van der Waals surface area contributed by atoms with E-state index in [1.165, 1.54) is 25.7 Å². The minimum Gasteiger partial charge on any atom is -0.308 e. The number of allylic oxidation sites excluding steroid dienone is 2. The highest BCUT2D eigenvalue weighted by Gasteiger charge is 2.36. The zero-order chi connectivity index (χ0) is 23.8. The number of pyridine rings is 1. The first-order chi connectivity index (χ1) is 15.7. The number of rotatable bonds is 4. The molecule has 2 aromatic rings. The highest BCUT2D eigenvalue weighted by Crippen LogP contribution is 2.49. The number of nitriles is 1. The van der Waals surface area contributed by atoms with Crippen molar-refractivity contribution in [1.82, 2.24) is 10.3 Å². The Morgan fingerprint density at radius 2 is 1.91 bits per heavy atom. The molecule has 0 aliphatic heterocycles. The van der Waals surface area contributed by atoms with Gasteiger partial charge in [0.2, 0.25) is 0 Å². The molecule has 4 rings (SSSR count). The van der Waals surface area contributed by atoms with Crippen LogP contribution >= 0.6 is 0 Å². The summed E-state index contributed by atoms with van der Waals surface area (Å²) in [5, 5.41) is 13.7. The van der Waals surface area contributed by atoms with Crippen LogP contribution in [0.5, 0.6) is 0 Å². The van der Waals surface area contributed by atoms with Crippen LogP contribution < -0.4 is 5.32 Å². The van der Waals surface area contributed by atoms with Gasteiger partial charge in [0, 0.05) is 18.3 Å². The average Bonchev–Trinajstić information content (AvgIpc) is 3.28. The van der Waals surface area contributed by atoms with E-state index in [1.807, 2.05) is 25.3 Å². The Morgan fingerprint density at radius 3 is 2.52 bits per heavy atom. The molecule has 2 aliphatic rings. The smallest absolute Gasteiger partial charge is 0.126 e. The summed E-state index contributed by atoms with van der Waals surface area (Å²) in [5.41, 5.74) is 6.07. The van der Waals surface area contributed by atoms with E-state index in [1.54, 1.807) is 6.07 Å². The molecule has 1 saturated carbocycles. The van der Waals surface area contributed by atoms with Crippen LogP contribution in [-0.4, -0.2) is 10.5 Å². The van der Waals surface area contributed by atoms with Crippen LogP contribution in [0.2, 0.25) is 0 Å². The van der Waals surface area contributed by atoms with E-state index in [0.29, 0.717) is 23.0 Å². The number of nitrogens with zero attached hydrogens (tertiary/aromatic N) is 2. The Labute approximate surface area is 198 Å². The van der Waals surface area contributed by atoms with E-state index in [-0.39, 0.29) is 17.3 Å². The molecule has 1 fully saturated rings. The van der Waals surface area contributed by atoms with Gasteiger partial charge in [0.25, 0.3) is 0 Å². The summed E-state index contributed by atoms with van der Waals surface area (Å²) in [7, 11) is 0. The molecule has 2 aliphatic carbocycles. The Kier molecular flexibility index (Phi) is 6.73. The minimum atomic E-state index is -0.246. The highest BCUT2D eigenvalue weighted by atomic mass is 19.1. The van der Waals surface area contributed by atoms with Crippen LogP contribution in [0, 0.1) is 35.9 Å². The molecule has 0 radical (unpaired) electrons. The van der Waals surface area contributed by atoms with Gasteiger partial charge < -0.3 is 5.32 Å². The fourth-order valence-electron chi connectivity index (χ4n) is 5.60. The molecule has 0 spiro atoms. The number of hydrogen-bond acceptors (Lipinski definition) is 3. The van der Waals surface area contributed by atoms with Gasteiger partial charge in [-0.15, -0.1) is 0 Å². The Balaban J connectivity index is 1.79. The molecule has 0 amide bonds. The van der Waals surface area contributed by atoms with Crippen LogP contribution in [0.25, 0.3) is 11.1 Å². The monoisotopic (exact) mass is 445 g/mol. The molecule has 1 aromatic heterocycles. The molecule has 2 unspecified atom stereocenters. The lowest BCUT2D eigenvalue weighted by molar-refractivity contribution is 0.301. The second-order valence-electron chi connectivity index (χ2n) is 11.0. The quantitative estimate of drug-likeness (QED) is 0.543. The van der Waals surface area contributed by atoms with Crippen molar-refractivity contribution in [3.05, 3.63) is 64.2 Å². The topological polar surface area (TPSA) is 48.7 Å². The standard InChI is InChI=1S/C29H36FN3/c1-18-12-23-19(2)22(21-8-6-7-9-21)13-25(26(15-31)24(23)14-27(18)30)28-11-10-20(16-32-28)17-33-29(3,4)5/h10-12,14,16,19,21-22,33H,6-9,13,17H2,1-5H3. The van der Waals surface area contributed by atoms with Gasteiger partial charge in [0.15, 0.2) is 0 Å². The maximum Gasteiger partial charge on any atom is 0.126 e. The molecule has 1 aromatic carbocycles. The van der Waals surface area contributed by atoms with Gasteiger partial charge in [-0.05, 0) is 91.8 Å². The van der Waals surface area contributed by atoms with Crippen molar-refractivity contribution in [2.45, 2.75) is 84.7 Å². The van der Waals surface area contributed by atoms with Gasteiger partial charge in [-0.3, -0.25) is 4.98 Å². The summed E-state index contributed by atoms with van der Waals surface area (Å²) in [4.78, 5) is 4.80. The number of aryl methyl sites for hydroxylation is 1. The van der Waals surface area contributed by atoms with Crippen molar-refractivity contribution in [3.8, 4) is 6.07 Å². The second-order valence-corrected chi connectivity index (χ2v) is 11.0. The molecule has 2 atom stereocenters. The van der Waals surface area contributed by atoms with E-state index in [2.05, 4.69) is 45.1 Å². The van der Waals surface area contributed by atoms with Crippen molar-refractivity contribution in [2.24, 2.45) is 11.8 Å². The van der Waals surface area contributed by atoms with Crippen molar-refractivity contribution < 1.29 is 4.39 Å². The lowest BCUT2D eigenvalue weighted by atomic mass is 9.75. The van der Waals surface area contributed by atoms with Crippen molar-refractivity contribution in [3.63, 3.8) is 0 Å². The number of aromatic nitrogens is 1. The minimum absolute atomic E-state index is 0.0347. The SMILES string of the molecule is Cc1cc2c(cc1F)C(C#N)=C(c1ccc(CNC(C)(C)C)cn1)CC(C1CCCC1)C2C. The third-order valence-corrected chi connectivity index (χ3v) is 7.55. The van der Waals surface area contributed by atoms with E-state index >= 15 is 0 Å². The van der Waals surface area contributed by atoms with E-state index in [4.69, 9.17) is 4.98 Å². The summed E-state index contributed by atoms with van der Waals surface area (Å²) in [6.45, 7) is 11.3. The summed E-state index contributed by atoms with van der Waals surface area (Å²) in [5.74, 6) is 1.10. The van der Waals surface area contributed by atoms with Gasteiger partial charge >= 0.3 is 0 Å². The van der Waals surface area contributed by atoms with Gasteiger partial charge in [-0.2, -0.15) is 5.26 Å². The lowest BCUT2D eigenvalue weighted by Gasteiger charge is -2.29. The van der Waals surface area contributed by atoms with Gasteiger partial charge in [0.05, 0.1) is 11.3 Å². The molecular weight excluding hydrogens is 409 g/mol. The van der Waals surface area contributed by atoms with Gasteiger partial charge in [-0.1, -0.05) is 44.7 Å². The molecule has 33 heavy (non-hydrogen) atoms. The fraction of sp³-hybridized carbons (Fsp3) is 0.517. The first-order valence-corrected chi connectivity index (χ1v) is 12.3. The molecule has 0 saturated heterocycles. The highest BCUT2D eigenvalue weighted by molar-refractivity contribution is 5.98. The van der Waals surface area contributed by atoms with Crippen LogP contribution in [0.4, 0.5) is 4.39 Å². The number of fused-ring (bicyclic) bond motifs is 1. The molecule has 3 nitrogen and oxygen atoms in total. The summed E-state index contributed by atoms with van der Waals surface area (Å²) < 4.78 is 14.7. The molecule has 4 heteroatoms. The summed E-state index contributed by atoms with van der Waals surface area (Å²) in [6, 6.07) is 10.1. The van der Waals surface area contributed by atoms with Gasteiger partial charge in [0.1, 0.15) is 11.9 Å². The van der Waals surface area contributed by atoms with E-state index < -0.39 is 0 Å². The first kappa shape index (κ1) is 23.6. The third kappa shape index (κ3) is 5.04. The number of hydrogen-bond donors (Lipinski definition) is 1. The van der Waals surface area contributed by atoms with Gasteiger partial charge in [-0.25, -0.2) is 4.39 Å². The maximum atomic E-state index is 14.7. The molecule has 0 bridgehead atoms. The van der Waals surface area contributed by atoms with Crippen LogP contribution in [0.3, 0.4) is 0 Å². The van der Waals surface area contributed by atoms with E-state index in [9.17, 15) is 9.65 Å². The summed E-state index contributed by atoms with van der Waals surface area (Å²) in [6.07, 6.45) is 7.76. The van der Waals surface area contributed by atoms with Crippen LogP contribution in [0.15, 0.2) is 30.5 Å². The first-order valence-electron chi connectivity index (χ1n) is 12.3. The Hall–Kier alpha value is -2.51. The summed E-state index contributed by atoms with van der Waals surface area (Å²) >= 11 is 0. The Bertz CT molecular complexity index is 1080. The Morgan fingerprint density at radius 1 is 1.18 bits per heavy atom. The normalized spacial score (nSPS) is 21.6. The molecule has 1 heterocycles. The zero-order valence-corrected chi connectivity index (χ0v) is 20.6.